The van der Waals surface area contributed by atoms with Crippen molar-refractivity contribution in [3.63, 3.8) is 0 Å². The summed E-state index contributed by atoms with van der Waals surface area (Å²) in [5.74, 6) is -2.28. The van der Waals surface area contributed by atoms with Gasteiger partial charge in [0.15, 0.2) is 5.13 Å². The molecule has 30 heavy (non-hydrogen) atoms. The molecule has 2 aromatic carbocycles. The molecule has 156 valence electrons. The van der Waals surface area contributed by atoms with Gasteiger partial charge >= 0.3 is 12.2 Å². The normalized spacial score (nSPS) is 11.1. The summed E-state index contributed by atoms with van der Waals surface area (Å²) in [5.41, 5.74) is -1.46. The van der Waals surface area contributed by atoms with Gasteiger partial charge in [0.1, 0.15) is 11.5 Å². The van der Waals surface area contributed by atoms with Crippen LogP contribution in [0.5, 0.6) is 0 Å². The second-order valence-electron chi connectivity index (χ2n) is 5.77. The van der Waals surface area contributed by atoms with Crippen molar-refractivity contribution >= 4 is 51.4 Å². The van der Waals surface area contributed by atoms with E-state index >= 15 is 0 Å². The predicted octanol–water partition coefficient (Wildman–Crippen LogP) is 5.85. The van der Waals surface area contributed by atoms with Crippen LogP contribution in [0.3, 0.4) is 0 Å². The summed E-state index contributed by atoms with van der Waals surface area (Å²) in [6.07, 6.45) is -4.90. The first-order valence-corrected chi connectivity index (χ1v) is 9.35. The van der Waals surface area contributed by atoms with E-state index in [0.717, 1.165) is 17.4 Å². The van der Waals surface area contributed by atoms with E-state index < -0.39 is 29.5 Å². The first-order valence-electron chi connectivity index (χ1n) is 8.09. The van der Waals surface area contributed by atoms with E-state index in [-0.39, 0.29) is 16.5 Å². The molecule has 0 aliphatic rings. The number of alkyl halides is 3. The van der Waals surface area contributed by atoms with Crippen LogP contribution in [0.15, 0.2) is 47.8 Å². The van der Waals surface area contributed by atoms with Gasteiger partial charge in [0.05, 0.1) is 5.56 Å². The quantitative estimate of drug-likeness (QED) is 0.429. The van der Waals surface area contributed by atoms with E-state index in [1.165, 1.54) is 11.4 Å². The number of rotatable bonds is 4. The summed E-state index contributed by atoms with van der Waals surface area (Å²) in [5, 5.41) is 8.96. The van der Waals surface area contributed by atoms with E-state index in [1.807, 2.05) is 0 Å². The zero-order chi connectivity index (χ0) is 21.9. The van der Waals surface area contributed by atoms with Crippen molar-refractivity contribution in [1.82, 2.24) is 4.98 Å². The first-order chi connectivity index (χ1) is 14.1. The number of anilines is 3. The van der Waals surface area contributed by atoms with Gasteiger partial charge in [-0.15, -0.1) is 11.3 Å². The van der Waals surface area contributed by atoms with Crippen LogP contribution in [0.4, 0.5) is 38.9 Å². The summed E-state index contributed by atoms with van der Waals surface area (Å²) in [4.78, 5) is 28.1. The molecule has 3 amide bonds. The van der Waals surface area contributed by atoms with Gasteiger partial charge in [-0.2, -0.15) is 13.2 Å². The summed E-state index contributed by atoms with van der Waals surface area (Å²) < 4.78 is 51.7. The van der Waals surface area contributed by atoms with Gasteiger partial charge in [0.25, 0.3) is 5.91 Å². The number of nitrogens with one attached hydrogen (secondary N) is 3. The second-order valence-corrected chi connectivity index (χ2v) is 7.07. The summed E-state index contributed by atoms with van der Waals surface area (Å²) >= 11 is 6.76. The molecule has 0 fully saturated rings. The van der Waals surface area contributed by atoms with E-state index in [9.17, 15) is 27.2 Å². The van der Waals surface area contributed by atoms with Crippen molar-refractivity contribution in [2.45, 2.75) is 6.18 Å². The third-order valence-corrected chi connectivity index (χ3v) is 4.56. The number of halogens is 5. The smallest absolute Gasteiger partial charge is 0.321 e. The third kappa shape index (κ3) is 5.45. The molecular formula is C18H11ClF4N4O2S. The third-order valence-electron chi connectivity index (χ3n) is 3.57. The highest BCUT2D eigenvalue weighted by atomic mass is 35.5. The van der Waals surface area contributed by atoms with Gasteiger partial charge in [0.2, 0.25) is 0 Å². The number of benzene rings is 2. The lowest BCUT2D eigenvalue weighted by molar-refractivity contribution is -0.139. The number of carbonyl (C=O) groups excluding carboxylic acids is 2. The Morgan fingerprint density at radius 3 is 2.43 bits per heavy atom. The number of urea groups is 1. The van der Waals surface area contributed by atoms with Gasteiger partial charge in [-0.1, -0.05) is 17.7 Å². The minimum absolute atomic E-state index is 0.0785. The van der Waals surface area contributed by atoms with Crippen LogP contribution < -0.4 is 16.0 Å². The van der Waals surface area contributed by atoms with Gasteiger partial charge in [-0.05, 0) is 36.4 Å². The Bertz CT molecular complexity index is 1100. The lowest BCUT2D eigenvalue weighted by Gasteiger charge is -2.10. The average molecular weight is 459 g/mol. The monoisotopic (exact) mass is 458 g/mol. The van der Waals surface area contributed by atoms with Gasteiger partial charge in [-0.25, -0.2) is 14.2 Å². The van der Waals surface area contributed by atoms with Crippen molar-refractivity contribution in [1.29, 1.82) is 0 Å². The first kappa shape index (κ1) is 21.5. The molecule has 0 atom stereocenters. The van der Waals surface area contributed by atoms with E-state index in [2.05, 4.69) is 20.9 Å². The highest BCUT2D eigenvalue weighted by molar-refractivity contribution is 7.14. The second kappa shape index (κ2) is 8.67. The SMILES string of the molecule is O=C(Nc1cccc(Cl)c1)Nc1nc(C(=O)Nc2ccc(F)c(C(F)(F)F)c2)cs1. The molecule has 0 saturated heterocycles. The average Bonchev–Trinajstić information content (AvgIpc) is 3.11. The Morgan fingerprint density at radius 1 is 1.00 bits per heavy atom. The Kier molecular flexibility index (Phi) is 6.22. The fraction of sp³-hybridized carbons (Fsp3) is 0.0556. The fourth-order valence-corrected chi connectivity index (χ4v) is 3.15. The van der Waals surface area contributed by atoms with Crippen molar-refractivity contribution in [2.24, 2.45) is 0 Å². The maximum atomic E-state index is 13.3. The minimum atomic E-state index is -4.90. The number of amides is 3. The van der Waals surface area contributed by atoms with Crippen molar-refractivity contribution < 1.29 is 27.2 Å². The van der Waals surface area contributed by atoms with Gasteiger partial charge in [0, 0.05) is 21.8 Å². The standard InChI is InChI=1S/C18H11ClF4N4O2S/c19-9-2-1-3-10(6-9)25-16(29)27-17-26-14(8-30-17)15(28)24-11-4-5-13(20)12(7-11)18(21,22)23/h1-8H,(H,24,28)(H2,25,26,27,29). The number of hydrogen-bond acceptors (Lipinski definition) is 4. The summed E-state index contributed by atoms with van der Waals surface area (Å²) in [7, 11) is 0. The topological polar surface area (TPSA) is 83.1 Å². The number of carbonyl (C=O) groups is 2. The highest BCUT2D eigenvalue weighted by Gasteiger charge is 2.34. The summed E-state index contributed by atoms with van der Waals surface area (Å²) in [6.45, 7) is 0. The number of aromatic nitrogens is 1. The Balaban J connectivity index is 1.64. The molecule has 0 aliphatic carbocycles. The maximum Gasteiger partial charge on any atom is 0.419 e. The molecule has 12 heteroatoms. The maximum absolute atomic E-state index is 13.3. The molecule has 3 N–H and O–H groups in total. The molecule has 3 rings (SSSR count). The Labute approximate surface area is 175 Å². The van der Waals surface area contributed by atoms with Crippen molar-refractivity contribution in [3.8, 4) is 0 Å². The zero-order valence-electron chi connectivity index (χ0n) is 14.7. The van der Waals surface area contributed by atoms with Crippen LogP contribution in [-0.2, 0) is 6.18 Å². The number of hydrogen-bond donors (Lipinski definition) is 3. The predicted molar refractivity (Wildman–Crippen MR) is 106 cm³/mol. The molecule has 1 heterocycles. The van der Waals surface area contributed by atoms with Gasteiger partial charge < -0.3 is 10.6 Å². The molecule has 0 bridgehead atoms. The van der Waals surface area contributed by atoms with E-state index in [0.29, 0.717) is 22.8 Å². The summed E-state index contributed by atoms with van der Waals surface area (Å²) in [6, 6.07) is 7.87. The minimum Gasteiger partial charge on any atom is -0.321 e. The van der Waals surface area contributed by atoms with Crippen LogP contribution in [-0.4, -0.2) is 16.9 Å². The lowest BCUT2D eigenvalue weighted by Crippen LogP contribution is -2.19. The molecule has 1 aromatic heterocycles. The fourth-order valence-electron chi connectivity index (χ4n) is 2.28. The molecular weight excluding hydrogens is 448 g/mol. The zero-order valence-corrected chi connectivity index (χ0v) is 16.3. The van der Waals surface area contributed by atoms with Crippen LogP contribution in [0.25, 0.3) is 0 Å². The molecule has 0 aliphatic heterocycles. The van der Waals surface area contributed by atoms with Crippen LogP contribution in [0.1, 0.15) is 16.1 Å². The van der Waals surface area contributed by atoms with E-state index in [4.69, 9.17) is 11.6 Å². The Hall–Kier alpha value is -3.18. The molecule has 0 unspecified atom stereocenters. The van der Waals surface area contributed by atoms with Crippen LogP contribution >= 0.6 is 22.9 Å². The molecule has 6 nitrogen and oxygen atoms in total. The molecule has 0 saturated carbocycles. The molecule has 0 radical (unpaired) electrons. The molecule has 3 aromatic rings. The van der Waals surface area contributed by atoms with Crippen LogP contribution in [0.2, 0.25) is 5.02 Å². The Morgan fingerprint density at radius 2 is 1.73 bits per heavy atom. The van der Waals surface area contributed by atoms with Gasteiger partial charge in [-0.3, -0.25) is 10.1 Å². The molecule has 0 spiro atoms. The number of thiazole rings is 1. The lowest BCUT2D eigenvalue weighted by atomic mass is 10.2. The van der Waals surface area contributed by atoms with Crippen LogP contribution in [0, 0.1) is 5.82 Å². The van der Waals surface area contributed by atoms with E-state index in [1.54, 1.807) is 18.2 Å². The van der Waals surface area contributed by atoms with Crippen molar-refractivity contribution in [3.05, 3.63) is 69.9 Å². The number of nitrogens with zero attached hydrogens (tertiary/aromatic N) is 1. The van der Waals surface area contributed by atoms with Crippen molar-refractivity contribution in [2.75, 3.05) is 16.0 Å². The largest absolute Gasteiger partial charge is 0.419 e. The highest BCUT2D eigenvalue weighted by Crippen LogP contribution is 2.33.